The van der Waals surface area contributed by atoms with E-state index in [-0.39, 0.29) is 0 Å². The molecule has 0 amide bonds. The van der Waals surface area contributed by atoms with Gasteiger partial charge in [-0.25, -0.2) is 0 Å². The summed E-state index contributed by atoms with van der Waals surface area (Å²) in [7, 11) is 0. The van der Waals surface area contributed by atoms with Crippen LogP contribution in [0.25, 0.3) is 0 Å². The number of ether oxygens (including phenoxy) is 2. The zero-order chi connectivity index (χ0) is 11.8. The van der Waals surface area contributed by atoms with Gasteiger partial charge in [0, 0.05) is 6.54 Å². The van der Waals surface area contributed by atoms with Gasteiger partial charge in [0.1, 0.15) is 0 Å². The smallest absolute Gasteiger partial charge is 0.0814 e. The van der Waals surface area contributed by atoms with E-state index in [1.807, 2.05) is 0 Å². The molecule has 16 heavy (non-hydrogen) atoms. The summed E-state index contributed by atoms with van der Waals surface area (Å²) in [6.45, 7) is 9.30. The predicted molar refractivity (Wildman–Crippen MR) is 66.8 cm³/mol. The van der Waals surface area contributed by atoms with Crippen LogP contribution in [0.3, 0.4) is 0 Å². The maximum absolute atomic E-state index is 5.92. The Hall–Kier alpha value is -0.120. The van der Waals surface area contributed by atoms with E-state index >= 15 is 0 Å². The second-order valence-corrected chi connectivity index (χ2v) is 4.71. The molecule has 1 fully saturated rings. The van der Waals surface area contributed by atoms with Crippen LogP contribution in [0, 0.1) is 0 Å². The monoisotopic (exact) mass is 229 g/mol. The average Bonchev–Trinajstić information content (AvgIpc) is 2.74. The summed E-state index contributed by atoms with van der Waals surface area (Å²) in [6.07, 6.45) is 5.67. The van der Waals surface area contributed by atoms with Gasteiger partial charge in [-0.3, -0.25) is 0 Å². The fourth-order valence-electron chi connectivity index (χ4n) is 1.88. The molecule has 1 aliphatic heterocycles. The highest BCUT2D eigenvalue weighted by Gasteiger charge is 2.25. The predicted octanol–water partition coefficient (Wildman–Crippen LogP) is 2.35. The molecule has 0 aromatic rings. The van der Waals surface area contributed by atoms with Crippen LogP contribution in [0.2, 0.25) is 0 Å². The van der Waals surface area contributed by atoms with E-state index in [9.17, 15) is 0 Å². The third-order valence-electron chi connectivity index (χ3n) is 3.14. The van der Waals surface area contributed by atoms with Crippen LogP contribution in [0.1, 0.15) is 46.5 Å². The lowest BCUT2D eigenvalue weighted by molar-refractivity contribution is -0.0368. The van der Waals surface area contributed by atoms with Gasteiger partial charge in [-0.15, -0.1) is 0 Å². The molecule has 3 heteroatoms. The molecule has 0 aliphatic carbocycles. The van der Waals surface area contributed by atoms with Crippen molar-refractivity contribution in [2.45, 2.75) is 64.8 Å². The molecule has 0 aromatic carbocycles. The van der Waals surface area contributed by atoms with Crippen LogP contribution < -0.4 is 5.32 Å². The quantitative estimate of drug-likeness (QED) is 0.648. The molecular weight excluding hydrogens is 202 g/mol. The molecule has 0 bridgehead atoms. The molecule has 3 unspecified atom stereocenters. The highest BCUT2D eigenvalue weighted by Crippen LogP contribution is 2.19. The van der Waals surface area contributed by atoms with E-state index in [0.29, 0.717) is 18.3 Å². The molecule has 1 saturated heterocycles. The fourth-order valence-corrected chi connectivity index (χ4v) is 1.88. The lowest BCUT2D eigenvalue weighted by atomic mass is 10.2. The molecule has 1 heterocycles. The first-order valence-corrected chi connectivity index (χ1v) is 6.74. The summed E-state index contributed by atoms with van der Waals surface area (Å²) in [6, 6.07) is 0. The fraction of sp³-hybridized carbons (Fsp3) is 1.00. The molecule has 3 nitrogen and oxygen atoms in total. The SMILES string of the molecule is CCCNCC1CCC(COC(C)CC)O1. The van der Waals surface area contributed by atoms with E-state index in [0.717, 1.165) is 32.5 Å². The number of hydrogen-bond donors (Lipinski definition) is 1. The third-order valence-corrected chi connectivity index (χ3v) is 3.14. The Bertz CT molecular complexity index is 175. The maximum Gasteiger partial charge on any atom is 0.0814 e. The minimum atomic E-state index is 0.322. The maximum atomic E-state index is 5.92. The average molecular weight is 229 g/mol. The number of hydrogen-bond acceptors (Lipinski definition) is 3. The first-order valence-electron chi connectivity index (χ1n) is 6.74. The molecule has 1 N–H and O–H groups in total. The van der Waals surface area contributed by atoms with Crippen molar-refractivity contribution < 1.29 is 9.47 Å². The van der Waals surface area contributed by atoms with E-state index in [1.165, 1.54) is 12.8 Å². The Kier molecular flexibility index (Phi) is 7.01. The molecule has 1 rings (SSSR count). The minimum absolute atomic E-state index is 0.322. The lowest BCUT2D eigenvalue weighted by Crippen LogP contribution is -2.28. The normalized spacial score (nSPS) is 27.2. The van der Waals surface area contributed by atoms with Crippen LogP contribution in [0.5, 0.6) is 0 Å². The second kappa shape index (κ2) is 8.04. The van der Waals surface area contributed by atoms with Gasteiger partial charge in [0.15, 0.2) is 0 Å². The van der Waals surface area contributed by atoms with Gasteiger partial charge in [0.2, 0.25) is 0 Å². The van der Waals surface area contributed by atoms with Crippen molar-refractivity contribution >= 4 is 0 Å². The molecule has 3 atom stereocenters. The van der Waals surface area contributed by atoms with E-state index in [2.05, 4.69) is 26.1 Å². The molecular formula is C13H27NO2. The van der Waals surface area contributed by atoms with E-state index in [1.54, 1.807) is 0 Å². The molecule has 0 saturated carbocycles. The van der Waals surface area contributed by atoms with Crippen LogP contribution in [-0.4, -0.2) is 38.0 Å². The number of nitrogens with one attached hydrogen (secondary N) is 1. The highest BCUT2D eigenvalue weighted by molar-refractivity contribution is 4.75. The molecule has 0 radical (unpaired) electrons. The van der Waals surface area contributed by atoms with Crippen LogP contribution in [-0.2, 0) is 9.47 Å². The topological polar surface area (TPSA) is 30.5 Å². The van der Waals surface area contributed by atoms with Crippen LogP contribution in [0.4, 0.5) is 0 Å². The summed E-state index contributed by atoms with van der Waals surface area (Å²) < 4.78 is 11.6. The standard InChI is InChI=1S/C13H27NO2/c1-4-8-14-9-12-6-7-13(16-12)10-15-11(3)5-2/h11-14H,4-10H2,1-3H3. The first kappa shape index (κ1) is 13.9. The Labute approximate surface area is 99.9 Å². The zero-order valence-electron chi connectivity index (χ0n) is 11.0. The van der Waals surface area contributed by atoms with E-state index in [4.69, 9.17) is 9.47 Å². The summed E-state index contributed by atoms with van der Waals surface area (Å²) in [4.78, 5) is 0. The van der Waals surface area contributed by atoms with Gasteiger partial charge in [-0.2, -0.15) is 0 Å². The van der Waals surface area contributed by atoms with Crippen molar-refractivity contribution in [2.75, 3.05) is 19.7 Å². The summed E-state index contributed by atoms with van der Waals surface area (Å²) in [5.41, 5.74) is 0. The van der Waals surface area contributed by atoms with Crippen LogP contribution >= 0.6 is 0 Å². The van der Waals surface area contributed by atoms with Gasteiger partial charge in [0.25, 0.3) is 0 Å². The first-order chi connectivity index (χ1) is 7.76. The summed E-state index contributed by atoms with van der Waals surface area (Å²) in [5.74, 6) is 0. The lowest BCUT2D eigenvalue weighted by Gasteiger charge is -2.16. The molecule has 1 aliphatic rings. The minimum Gasteiger partial charge on any atom is -0.376 e. The van der Waals surface area contributed by atoms with Crippen molar-refractivity contribution in [2.24, 2.45) is 0 Å². The van der Waals surface area contributed by atoms with E-state index < -0.39 is 0 Å². The van der Waals surface area contributed by atoms with Crippen LogP contribution in [0.15, 0.2) is 0 Å². The largest absolute Gasteiger partial charge is 0.376 e. The molecule has 0 aromatic heterocycles. The van der Waals surface area contributed by atoms with Crippen molar-refractivity contribution in [3.8, 4) is 0 Å². The van der Waals surface area contributed by atoms with Crippen molar-refractivity contribution in [3.05, 3.63) is 0 Å². The van der Waals surface area contributed by atoms with Gasteiger partial charge in [-0.1, -0.05) is 13.8 Å². The molecule has 96 valence electrons. The Morgan fingerprint density at radius 1 is 1.31 bits per heavy atom. The van der Waals surface area contributed by atoms with Gasteiger partial charge < -0.3 is 14.8 Å². The Balaban J connectivity index is 2.05. The van der Waals surface area contributed by atoms with Gasteiger partial charge >= 0.3 is 0 Å². The number of rotatable bonds is 8. The highest BCUT2D eigenvalue weighted by atomic mass is 16.5. The Morgan fingerprint density at radius 3 is 2.75 bits per heavy atom. The summed E-state index contributed by atoms with van der Waals surface area (Å²) in [5, 5.41) is 3.41. The van der Waals surface area contributed by atoms with Crippen molar-refractivity contribution in [1.82, 2.24) is 5.32 Å². The van der Waals surface area contributed by atoms with Crippen molar-refractivity contribution in [1.29, 1.82) is 0 Å². The van der Waals surface area contributed by atoms with Crippen molar-refractivity contribution in [3.63, 3.8) is 0 Å². The van der Waals surface area contributed by atoms with Gasteiger partial charge in [0.05, 0.1) is 24.9 Å². The van der Waals surface area contributed by atoms with Gasteiger partial charge in [-0.05, 0) is 39.2 Å². The third kappa shape index (κ3) is 5.28. The second-order valence-electron chi connectivity index (χ2n) is 4.71. The zero-order valence-corrected chi connectivity index (χ0v) is 11.0. The summed E-state index contributed by atoms with van der Waals surface area (Å²) >= 11 is 0. The Morgan fingerprint density at radius 2 is 2.06 bits per heavy atom. The molecule has 0 spiro atoms.